The molecule has 0 atom stereocenters. The summed E-state index contributed by atoms with van der Waals surface area (Å²) in [5.74, 6) is 0. The van der Waals surface area contributed by atoms with Gasteiger partial charge in [0.25, 0.3) is 0 Å². The van der Waals surface area contributed by atoms with Crippen molar-refractivity contribution in [2.45, 2.75) is 0 Å². The van der Waals surface area contributed by atoms with E-state index in [1.54, 1.807) is 0 Å². The van der Waals surface area contributed by atoms with Crippen LogP contribution in [0, 0.1) is 0 Å². The minimum atomic E-state index is -4.67. The minimum absolute atomic E-state index is 0. The predicted octanol–water partition coefficient (Wildman–Crippen LogP) is -1.84. The van der Waals surface area contributed by atoms with Gasteiger partial charge in [-0.1, -0.05) is 0 Å². The molecular formula is H5MoO4SSb. The van der Waals surface area contributed by atoms with Crippen molar-refractivity contribution < 1.29 is 38.6 Å². The molecular weight excluding hydrogens is 314 g/mol. The first kappa shape index (κ1) is 15.8. The molecule has 7 heteroatoms. The van der Waals surface area contributed by atoms with Crippen molar-refractivity contribution in [3.8, 4) is 0 Å². The van der Waals surface area contributed by atoms with E-state index in [0.717, 1.165) is 0 Å². The van der Waals surface area contributed by atoms with E-state index in [4.69, 9.17) is 17.5 Å². The second-order valence-corrected chi connectivity index (χ2v) is 1.34. The fraction of sp³-hybridized carbons (Fsp3) is 0. The Balaban J connectivity index is -0.0000000800. The quantitative estimate of drug-likeness (QED) is 0.407. The second kappa shape index (κ2) is 5.51. The third kappa shape index (κ3) is 113. The average Bonchev–Trinajstić information content (AvgIpc) is 0.722. The van der Waals surface area contributed by atoms with Gasteiger partial charge in [-0.15, -0.1) is 0 Å². The van der Waals surface area contributed by atoms with Crippen LogP contribution in [0.3, 0.4) is 0 Å². The monoisotopic (exact) mass is 320 g/mol. The molecule has 0 radical (unpaired) electrons. The molecule has 4 nitrogen and oxygen atoms in total. The Labute approximate surface area is 73.0 Å². The zero-order valence-corrected chi connectivity index (χ0v) is 10.1. The molecule has 0 heterocycles. The Bertz CT molecular complexity index is 94.9. The maximum absolute atomic E-state index is 8.74. The molecule has 0 saturated heterocycles. The van der Waals surface area contributed by atoms with E-state index in [-0.39, 0.29) is 45.5 Å². The van der Waals surface area contributed by atoms with E-state index < -0.39 is 10.4 Å². The summed E-state index contributed by atoms with van der Waals surface area (Å²) in [6.07, 6.45) is 0. The first-order chi connectivity index (χ1) is 2.00. The van der Waals surface area contributed by atoms with Crippen LogP contribution in [-0.2, 0) is 31.5 Å². The van der Waals surface area contributed by atoms with Gasteiger partial charge in [0.05, 0.1) is 0 Å². The standard InChI is InChI=1S/Mo.H2O4S.Sb.3H/c;1-5(2,3)4;;;;/h;(H2,1,2,3,4);;;;. The molecule has 0 amide bonds. The van der Waals surface area contributed by atoms with Gasteiger partial charge in [0.15, 0.2) is 0 Å². The van der Waals surface area contributed by atoms with Crippen LogP contribution in [0.25, 0.3) is 0 Å². The number of hydrogen-bond donors (Lipinski definition) is 2. The van der Waals surface area contributed by atoms with E-state index in [2.05, 4.69) is 0 Å². The van der Waals surface area contributed by atoms with Crippen LogP contribution in [0.2, 0.25) is 0 Å². The molecule has 0 aromatic carbocycles. The van der Waals surface area contributed by atoms with Gasteiger partial charge < -0.3 is 0 Å². The van der Waals surface area contributed by atoms with Crippen LogP contribution in [0.5, 0.6) is 0 Å². The van der Waals surface area contributed by atoms with Gasteiger partial charge in [-0.2, -0.15) is 8.42 Å². The molecule has 0 bridgehead atoms. The predicted molar refractivity (Wildman–Crippen MR) is 24.1 cm³/mol. The zero-order valence-electron chi connectivity index (χ0n) is 3.23. The van der Waals surface area contributed by atoms with E-state index >= 15 is 0 Å². The molecule has 0 aliphatic heterocycles. The Kier molecular flexibility index (Phi) is 12.4. The van der Waals surface area contributed by atoms with E-state index in [0.29, 0.717) is 0 Å². The van der Waals surface area contributed by atoms with Crippen molar-refractivity contribution in [2.75, 3.05) is 0 Å². The molecule has 0 aromatic rings. The molecule has 0 rings (SSSR count). The fourth-order valence-corrected chi connectivity index (χ4v) is 0. The van der Waals surface area contributed by atoms with Crippen molar-refractivity contribution in [3.05, 3.63) is 0 Å². The summed E-state index contributed by atoms with van der Waals surface area (Å²) < 4.78 is 31.6. The van der Waals surface area contributed by atoms with Crippen LogP contribution < -0.4 is 0 Å². The summed E-state index contributed by atoms with van der Waals surface area (Å²) in [7, 11) is -4.67. The molecule has 7 heavy (non-hydrogen) atoms. The van der Waals surface area contributed by atoms with Crippen LogP contribution in [0.4, 0.5) is 0 Å². The van der Waals surface area contributed by atoms with Gasteiger partial charge in [-0.05, 0) is 0 Å². The molecule has 0 unspecified atom stereocenters. The molecule has 0 aliphatic carbocycles. The van der Waals surface area contributed by atoms with Gasteiger partial charge in [0.1, 0.15) is 0 Å². The van der Waals surface area contributed by atoms with Gasteiger partial charge >= 0.3 is 34.8 Å². The van der Waals surface area contributed by atoms with Crippen molar-refractivity contribution in [2.24, 2.45) is 0 Å². The van der Waals surface area contributed by atoms with E-state index in [1.165, 1.54) is 0 Å². The normalized spacial score (nSPS) is 8.29. The third-order valence-electron chi connectivity index (χ3n) is 0. The van der Waals surface area contributed by atoms with Crippen molar-refractivity contribution in [3.63, 3.8) is 0 Å². The molecule has 0 spiro atoms. The number of rotatable bonds is 0. The third-order valence-corrected chi connectivity index (χ3v) is 0. The molecule has 46 valence electrons. The number of hydrogen-bond acceptors (Lipinski definition) is 2. The zero-order chi connectivity index (χ0) is 4.50. The van der Waals surface area contributed by atoms with Gasteiger partial charge in [0.2, 0.25) is 0 Å². The van der Waals surface area contributed by atoms with Gasteiger partial charge in [-0.25, -0.2) is 0 Å². The van der Waals surface area contributed by atoms with Gasteiger partial charge in [0, 0.05) is 21.1 Å². The summed E-state index contributed by atoms with van der Waals surface area (Å²) in [6.45, 7) is 0. The first-order valence-electron chi connectivity index (χ1n) is 0.698. The summed E-state index contributed by atoms with van der Waals surface area (Å²) in [4.78, 5) is 0. The Morgan fingerprint density at radius 3 is 1.14 bits per heavy atom. The Morgan fingerprint density at radius 1 is 1.14 bits per heavy atom. The molecule has 0 aliphatic rings. The summed E-state index contributed by atoms with van der Waals surface area (Å²) in [6, 6.07) is 0. The second-order valence-electron chi connectivity index (χ2n) is 0.448. The van der Waals surface area contributed by atoms with Crippen molar-refractivity contribution >= 4 is 34.8 Å². The van der Waals surface area contributed by atoms with E-state index in [1.807, 2.05) is 0 Å². The van der Waals surface area contributed by atoms with Crippen molar-refractivity contribution in [1.29, 1.82) is 0 Å². The fourth-order valence-electron chi connectivity index (χ4n) is 0. The Hall–Kier alpha value is 1.38. The molecule has 0 aromatic heterocycles. The van der Waals surface area contributed by atoms with E-state index in [9.17, 15) is 0 Å². The molecule has 2 N–H and O–H groups in total. The topological polar surface area (TPSA) is 74.6 Å². The summed E-state index contributed by atoms with van der Waals surface area (Å²) in [5.41, 5.74) is 0. The van der Waals surface area contributed by atoms with Crippen LogP contribution in [0.1, 0.15) is 0 Å². The van der Waals surface area contributed by atoms with Gasteiger partial charge in [-0.3, -0.25) is 9.11 Å². The first-order valence-corrected chi connectivity index (χ1v) is 2.10. The summed E-state index contributed by atoms with van der Waals surface area (Å²) >= 11 is 0. The van der Waals surface area contributed by atoms with Crippen molar-refractivity contribution in [1.82, 2.24) is 0 Å². The average molecular weight is 319 g/mol. The van der Waals surface area contributed by atoms with Crippen LogP contribution >= 0.6 is 0 Å². The molecule has 0 saturated carbocycles. The SMILES string of the molecule is O=S(=O)(O)O.[Mo].[SbH3]. The van der Waals surface area contributed by atoms with Crippen LogP contribution in [0.15, 0.2) is 0 Å². The molecule has 0 fully saturated rings. The van der Waals surface area contributed by atoms with Crippen LogP contribution in [-0.4, -0.2) is 42.0 Å². The summed E-state index contributed by atoms with van der Waals surface area (Å²) in [5, 5.41) is 0. The Morgan fingerprint density at radius 2 is 1.14 bits per heavy atom. The maximum atomic E-state index is 8.74.